The molecule has 1 saturated carbocycles. The maximum Gasteiger partial charge on any atom is 0.225 e. The summed E-state index contributed by atoms with van der Waals surface area (Å²) < 4.78 is 14.2. The highest BCUT2D eigenvalue weighted by molar-refractivity contribution is 7.99. The molecule has 1 aliphatic carbocycles. The number of hydrogen-bond donors (Lipinski definition) is 2. The largest absolute Gasteiger partial charge is 0.362 e. The van der Waals surface area contributed by atoms with Crippen LogP contribution in [-0.2, 0) is 6.54 Å². The zero-order chi connectivity index (χ0) is 24.9. The fraction of sp³-hybridized carbons (Fsp3) is 0.310. The number of nitrogens with one attached hydrogen (secondary N) is 2. The van der Waals surface area contributed by atoms with Crippen LogP contribution in [0.2, 0.25) is 0 Å². The fourth-order valence-electron chi connectivity index (χ4n) is 4.74. The third kappa shape index (κ3) is 5.79. The molecule has 1 aromatic heterocycles. The molecule has 2 N–H and O–H groups in total. The number of para-hydroxylation sites is 1. The molecule has 0 bridgehead atoms. The number of aromatic nitrogens is 2. The summed E-state index contributed by atoms with van der Waals surface area (Å²) in [4.78, 5) is 13.4. The van der Waals surface area contributed by atoms with Crippen molar-refractivity contribution in [3.05, 3.63) is 84.2 Å². The molecule has 1 heterocycles. The average molecular weight is 502 g/mol. The van der Waals surface area contributed by atoms with E-state index in [9.17, 15) is 4.39 Å². The van der Waals surface area contributed by atoms with Crippen molar-refractivity contribution in [2.24, 2.45) is 0 Å². The Morgan fingerprint density at radius 3 is 2.28 bits per heavy atom. The van der Waals surface area contributed by atoms with E-state index in [0.717, 1.165) is 53.8 Å². The second-order valence-electron chi connectivity index (χ2n) is 9.50. The van der Waals surface area contributed by atoms with Crippen LogP contribution in [0.3, 0.4) is 0 Å². The first-order chi connectivity index (χ1) is 17.6. The van der Waals surface area contributed by atoms with Gasteiger partial charge in [-0.05, 0) is 61.6 Å². The van der Waals surface area contributed by atoms with E-state index >= 15 is 0 Å². The molecule has 1 aliphatic rings. The molecule has 1 fully saturated rings. The van der Waals surface area contributed by atoms with Gasteiger partial charge in [-0.2, -0.15) is 4.98 Å². The molecule has 0 saturated heterocycles. The van der Waals surface area contributed by atoms with Crippen molar-refractivity contribution in [1.29, 1.82) is 0 Å². The van der Waals surface area contributed by atoms with Crippen LogP contribution in [0.25, 0.3) is 10.9 Å². The molecule has 3 aromatic carbocycles. The Morgan fingerprint density at radius 2 is 1.50 bits per heavy atom. The first-order valence-corrected chi connectivity index (χ1v) is 13.3. The van der Waals surface area contributed by atoms with E-state index in [2.05, 4.69) is 34.9 Å². The second kappa shape index (κ2) is 11.3. The maximum atomic E-state index is 14.2. The predicted octanol–water partition coefficient (Wildman–Crippen LogP) is 6.50. The molecule has 5 nitrogen and oxygen atoms in total. The Morgan fingerprint density at radius 1 is 0.833 bits per heavy atom. The molecule has 7 heteroatoms. The van der Waals surface area contributed by atoms with E-state index in [1.54, 1.807) is 6.07 Å². The summed E-state index contributed by atoms with van der Waals surface area (Å²) in [6.45, 7) is 0.778. The number of nitrogens with zero attached hydrogens (tertiary/aromatic N) is 3. The maximum absolute atomic E-state index is 14.2. The summed E-state index contributed by atoms with van der Waals surface area (Å²) in [7, 11) is 4.03. The van der Waals surface area contributed by atoms with Crippen molar-refractivity contribution in [1.82, 2.24) is 15.3 Å². The Kier molecular flexibility index (Phi) is 7.68. The fourth-order valence-corrected chi connectivity index (χ4v) is 5.71. The van der Waals surface area contributed by atoms with Crippen LogP contribution in [0.15, 0.2) is 82.6 Å². The molecule has 186 valence electrons. The van der Waals surface area contributed by atoms with Gasteiger partial charge in [-0.1, -0.05) is 54.2 Å². The van der Waals surface area contributed by atoms with Crippen LogP contribution in [0.4, 0.5) is 16.2 Å². The van der Waals surface area contributed by atoms with Gasteiger partial charge in [-0.3, -0.25) is 0 Å². The SMILES string of the molecule is CN(C)c1nc(NC2CCC(NCc3ccccc3Sc3ccccc3F)CC2)nc2ccccc12. The van der Waals surface area contributed by atoms with Crippen molar-refractivity contribution in [3.8, 4) is 0 Å². The highest BCUT2D eigenvalue weighted by Gasteiger charge is 2.22. The summed E-state index contributed by atoms with van der Waals surface area (Å²) in [6.07, 6.45) is 4.32. The Bertz CT molecular complexity index is 1320. The Hall–Kier alpha value is -3.16. The van der Waals surface area contributed by atoms with Crippen LogP contribution >= 0.6 is 11.8 Å². The van der Waals surface area contributed by atoms with Gasteiger partial charge in [0, 0.05) is 47.9 Å². The summed E-state index contributed by atoms with van der Waals surface area (Å²) in [6, 6.07) is 24.2. The van der Waals surface area contributed by atoms with E-state index in [1.807, 2.05) is 55.4 Å². The number of fused-ring (bicyclic) bond motifs is 1. The molecule has 36 heavy (non-hydrogen) atoms. The van der Waals surface area contributed by atoms with Crippen molar-refractivity contribution >= 4 is 34.4 Å². The minimum atomic E-state index is -0.177. The molecular formula is C29H32FN5S. The van der Waals surface area contributed by atoms with Crippen LogP contribution in [0.5, 0.6) is 0 Å². The minimum absolute atomic E-state index is 0.177. The third-order valence-corrected chi connectivity index (χ3v) is 7.85. The zero-order valence-electron chi connectivity index (χ0n) is 20.7. The Balaban J connectivity index is 1.17. The van der Waals surface area contributed by atoms with E-state index in [1.165, 1.54) is 23.4 Å². The number of halogens is 1. The molecule has 0 unspecified atom stereocenters. The molecule has 0 amide bonds. The quantitative estimate of drug-likeness (QED) is 0.287. The number of anilines is 2. The van der Waals surface area contributed by atoms with Crippen LogP contribution in [0, 0.1) is 5.82 Å². The summed E-state index contributed by atoms with van der Waals surface area (Å²) in [5.74, 6) is 1.46. The van der Waals surface area contributed by atoms with Crippen LogP contribution in [-0.4, -0.2) is 36.1 Å². The number of hydrogen-bond acceptors (Lipinski definition) is 6. The first-order valence-electron chi connectivity index (χ1n) is 12.5. The van der Waals surface area contributed by atoms with E-state index < -0.39 is 0 Å². The predicted molar refractivity (Wildman–Crippen MR) is 147 cm³/mol. The number of benzene rings is 3. The van der Waals surface area contributed by atoms with Gasteiger partial charge >= 0.3 is 0 Å². The summed E-state index contributed by atoms with van der Waals surface area (Å²) >= 11 is 1.49. The van der Waals surface area contributed by atoms with Gasteiger partial charge in [0.2, 0.25) is 5.95 Å². The zero-order valence-corrected chi connectivity index (χ0v) is 21.6. The van der Waals surface area contributed by atoms with E-state index in [0.29, 0.717) is 22.9 Å². The smallest absolute Gasteiger partial charge is 0.225 e. The van der Waals surface area contributed by atoms with Gasteiger partial charge < -0.3 is 15.5 Å². The van der Waals surface area contributed by atoms with Crippen LogP contribution < -0.4 is 15.5 Å². The standard InChI is InChI=1S/C29H32FN5S/c1-35(2)28-23-10-4-6-12-25(23)33-29(34-28)32-22-17-15-21(16-18-22)31-19-20-9-3-7-13-26(20)36-27-14-8-5-11-24(27)30/h3-14,21-22,31H,15-19H2,1-2H3,(H,32,33,34). The highest BCUT2D eigenvalue weighted by atomic mass is 32.2. The van der Waals surface area contributed by atoms with Gasteiger partial charge in [-0.15, -0.1) is 0 Å². The van der Waals surface area contributed by atoms with E-state index in [4.69, 9.17) is 9.97 Å². The molecule has 0 radical (unpaired) electrons. The minimum Gasteiger partial charge on any atom is -0.362 e. The topological polar surface area (TPSA) is 53.1 Å². The molecule has 0 atom stereocenters. The first kappa shape index (κ1) is 24.5. The summed E-state index contributed by atoms with van der Waals surface area (Å²) in [5.41, 5.74) is 2.16. The molecular weight excluding hydrogens is 469 g/mol. The lowest BCUT2D eigenvalue weighted by molar-refractivity contribution is 0.351. The lowest BCUT2D eigenvalue weighted by Gasteiger charge is -2.30. The van der Waals surface area contributed by atoms with Crippen molar-refractivity contribution < 1.29 is 4.39 Å². The van der Waals surface area contributed by atoms with Crippen molar-refractivity contribution in [2.75, 3.05) is 24.3 Å². The van der Waals surface area contributed by atoms with Gasteiger partial charge in [0.15, 0.2) is 0 Å². The lowest BCUT2D eigenvalue weighted by Crippen LogP contribution is -2.37. The Labute approximate surface area is 216 Å². The highest BCUT2D eigenvalue weighted by Crippen LogP contribution is 2.32. The monoisotopic (exact) mass is 501 g/mol. The van der Waals surface area contributed by atoms with Crippen molar-refractivity contribution in [3.63, 3.8) is 0 Å². The lowest BCUT2D eigenvalue weighted by atomic mass is 9.91. The molecule has 0 spiro atoms. The van der Waals surface area contributed by atoms with Gasteiger partial charge in [-0.25, -0.2) is 9.37 Å². The molecule has 0 aliphatic heterocycles. The normalized spacial score (nSPS) is 17.8. The van der Waals surface area contributed by atoms with Gasteiger partial charge in [0.05, 0.1) is 5.52 Å². The van der Waals surface area contributed by atoms with Crippen LogP contribution in [0.1, 0.15) is 31.2 Å². The van der Waals surface area contributed by atoms with Crippen molar-refractivity contribution in [2.45, 2.75) is 54.1 Å². The molecule has 4 aromatic rings. The van der Waals surface area contributed by atoms with Gasteiger partial charge in [0.25, 0.3) is 0 Å². The number of rotatable bonds is 8. The second-order valence-corrected chi connectivity index (χ2v) is 10.6. The average Bonchev–Trinajstić information content (AvgIpc) is 2.90. The van der Waals surface area contributed by atoms with E-state index in [-0.39, 0.29) is 5.82 Å². The summed E-state index contributed by atoms with van der Waals surface area (Å²) in [5, 5.41) is 8.39. The molecule has 5 rings (SSSR count). The van der Waals surface area contributed by atoms with Gasteiger partial charge in [0.1, 0.15) is 11.6 Å². The third-order valence-electron chi connectivity index (χ3n) is 6.68.